The van der Waals surface area contributed by atoms with Crippen LogP contribution < -0.4 is 0 Å². The van der Waals surface area contributed by atoms with Crippen molar-refractivity contribution in [3.63, 3.8) is 0 Å². The number of carboxylic acid groups (broad SMARTS) is 1. The Balaban J connectivity index is 2.50. The van der Waals surface area contributed by atoms with Crippen LogP contribution in [0.15, 0.2) is 23.8 Å². The van der Waals surface area contributed by atoms with Crippen LogP contribution in [0.1, 0.15) is 39.5 Å². The summed E-state index contributed by atoms with van der Waals surface area (Å²) in [7, 11) is 0. The highest BCUT2D eigenvalue weighted by atomic mass is 16.7. The number of rotatable bonds is 4. The predicted octanol–water partition coefficient (Wildman–Crippen LogP) is 1.10. The molecule has 9 heteroatoms. The van der Waals surface area contributed by atoms with Crippen LogP contribution >= 0.6 is 0 Å². The lowest BCUT2D eigenvalue weighted by molar-refractivity contribution is -0.221. The molecule has 0 saturated carbocycles. The second-order valence-electron chi connectivity index (χ2n) is 7.05. The van der Waals surface area contributed by atoms with Crippen molar-refractivity contribution >= 4 is 23.9 Å². The van der Waals surface area contributed by atoms with E-state index in [0.717, 1.165) is 6.92 Å². The highest BCUT2D eigenvalue weighted by Crippen LogP contribution is 2.44. The van der Waals surface area contributed by atoms with Crippen LogP contribution in [0.2, 0.25) is 0 Å². The van der Waals surface area contributed by atoms with Crippen LogP contribution in [0.3, 0.4) is 0 Å². The van der Waals surface area contributed by atoms with Gasteiger partial charge in [-0.2, -0.15) is 0 Å². The van der Waals surface area contributed by atoms with Crippen molar-refractivity contribution in [2.45, 2.75) is 51.4 Å². The number of ether oxygens (including phenoxy) is 3. The van der Waals surface area contributed by atoms with Crippen molar-refractivity contribution in [3.8, 4) is 0 Å². The average molecular weight is 396 g/mol. The molecule has 0 radical (unpaired) electrons. The molecular formula is C19H24O9. The number of esters is 3. The molecule has 2 N–H and O–H groups in total. The summed E-state index contributed by atoms with van der Waals surface area (Å²) in [5.74, 6) is -7.56. The van der Waals surface area contributed by atoms with E-state index in [0.29, 0.717) is 18.4 Å². The zero-order valence-electron chi connectivity index (χ0n) is 15.8. The highest BCUT2D eigenvalue weighted by Gasteiger charge is 2.56. The van der Waals surface area contributed by atoms with Crippen LogP contribution in [-0.4, -0.2) is 52.6 Å². The number of fused-ring (bicyclic) bond motifs is 1. The van der Waals surface area contributed by atoms with Crippen LogP contribution in [0.5, 0.6) is 0 Å². The van der Waals surface area contributed by atoms with Crippen molar-refractivity contribution in [3.05, 3.63) is 23.8 Å². The lowest BCUT2D eigenvalue weighted by Crippen LogP contribution is -2.45. The Labute approximate surface area is 161 Å². The molecule has 1 fully saturated rings. The number of hydrogen-bond acceptors (Lipinski definition) is 8. The maximum absolute atomic E-state index is 12.1. The van der Waals surface area contributed by atoms with Crippen molar-refractivity contribution in [2.75, 3.05) is 6.61 Å². The first-order valence-corrected chi connectivity index (χ1v) is 8.91. The van der Waals surface area contributed by atoms with Crippen LogP contribution in [0, 0.1) is 11.8 Å². The SMILES string of the molecule is C=C1C(=O)O[C@@]2(O)C[C@@H](C(=O)O)CCCC(COC(C)=O)=C[C@@H](OC(C)=O)[C@H]12. The fourth-order valence-corrected chi connectivity index (χ4v) is 3.57. The predicted molar refractivity (Wildman–Crippen MR) is 93.5 cm³/mol. The molecule has 4 atom stereocenters. The summed E-state index contributed by atoms with van der Waals surface area (Å²) in [4.78, 5) is 46.5. The van der Waals surface area contributed by atoms with E-state index in [1.165, 1.54) is 13.0 Å². The lowest BCUT2D eigenvalue weighted by atomic mass is 9.80. The van der Waals surface area contributed by atoms with Gasteiger partial charge in [-0.1, -0.05) is 6.58 Å². The summed E-state index contributed by atoms with van der Waals surface area (Å²) in [6.45, 7) is 5.95. The molecule has 0 aromatic carbocycles. The Hall–Kier alpha value is -2.68. The summed E-state index contributed by atoms with van der Waals surface area (Å²) in [6, 6.07) is 0. The van der Waals surface area contributed by atoms with Crippen molar-refractivity contribution in [1.82, 2.24) is 0 Å². The molecule has 0 aromatic heterocycles. The summed E-state index contributed by atoms with van der Waals surface area (Å²) in [6.07, 6.45) is 1.04. The van der Waals surface area contributed by atoms with E-state index in [1.807, 2.05) is 0 Å². The Morgan fingerprint density at radius 1 is 1.32 bits per heavy atom. The first kappa shape index (κ1) is 21.6. The van der Waals surface area contributed by atoms with Gasteiger partial charge in [-0.3, -0.25) is 14.4 Å². The molecule has 154 valence electrons. The number of hydrogen-bond donors (Lipinski definition) is 2. The molecule has 1 aliphatic heterocycles. The fourth-order valence-electron chi connectivity index (χ4n) is 3.57. The van der Waals surface area contributed by atoms with E-state index in [2.05, 4.69) is 6.58 Å². The topological polar surface area (TPSA) is 136 Å². The van der Waals surface area contributed by atoms with Gasteiger partial charge in [0, 0.05) is 25.8 Å². The normalized spacial score (nSPS) is 30.5. The Kier molecular flexibility index (Phi) is 6.60. The molecule has 0 bridgehead atoms. The molecule has 1 saturated heterocycles. The minimum atomic E-state index is -2.18. The first-order chi connectivity index (χ1) is 13.0. The van der Waals surface area contributed by atoms with E-state index in [-0.39, 0.29) is 25.0 Å². The fraction of sp³-hybridized carbons (Fsp3) is 0.579. The Morgan fingerprint density at radius 2 is 2.00 bits per heavy atom. The summed E-state index contributed by atoms with van der Waals surface area (Å²) in [5.41, 5.74) is 0.448. The van der Waals surface area contributed by atoms with Crippen LogP contribution in [-0.2, 0) is 33.4 Å². The minimum Gasteiger partial charge on any atom is -0.481 e. The zero-order chi connectivity index (χ0) is 21.1. The summed E-state index contributed by atoms with van der Waals surface area (Å²) in [5, 5.41) is 20.5. The van der Waals surface area contributed by atoms with Gasteiger partial charge in [-0.15, -0.1) is 0 Å². The van der Waals surface area contributed by atoms with Crippen LogP contribution in [0.25, 0.3) is 0 Å². The van der Waals surface area contributed by atoms with Gasteiger partial charge in [0.25, 0.3) is 0 Å². The second-order valence-corrected chi connectivity index (χ2v) is 7.05. The molecule has 0 unspecified atom stereocenters. The Bertz CT molecular complexity index is 723. The van der Waals surface area contributed by atoms with Gasteiger partial charge in [0.2, 0.25) is 5.79 Å². The maximum atomic E-state index is 12.1. The molecule has 0 amide bonds. The van der Waals surface area contributed by atoms with Gasteiger partial charge in [-0.05, 0) is 30.9 Å². The summed E-state index contributed by atoms with van der Waals surface area (Å²) < 4.78 is 15.4. The average Bonchev–Trinajstić information content (AvgIpc) is 2.79. The van der Waals surface area contributed by atoms with E-state index in [4.69, 9.17) is 14.2 Å². The third-order valence-electron chi connectivity index (χ3n) is 4.82. The standard InChI is InChI=1S/C19H24O9/c1-10-16-15(27-12(3)21)7-13(9-26-11(2)20)5-4-6-14(17(22)23)8-19(16,25)28-18(10)24/h7,14-16,25H,1,4-6,8-9H2,2-3H3,(H,22,23)/t14-,15+,16-,19-/m0/s1. The second kappa shape index (κ2) is 8.55. The third kappa shape index (κ3) is 4.98. The minimum absolute atomic E-state index is 0.0860. The summed E-state index contributed by atoms with van der Waals surface area (Å²) >= 11 is 0. The molecule has 9 nitrogen and oxygen atoms in total. The van der Waals surface area contributed by atoms with E-state index >= 15 is 0 Å². The molecular weight excluding hydrogens is 372 g/mol. The number of aliphatic hydroxyl groups is 1. The largest absolute Gasteiger partial charge is 0.481 e. The zero-order valence-corrected chi connectivity index (χ0v) is 15.8. The number of carbonyl (C=O) groups is 4. The quantitative estimate of drug-likeness (QED) is 0.310. The first-order valence-electron chi connectivity index (χ1n) is 8.91. The molecule has 28 heavy (non-hydrogen) atoms. The monoisotopic (exact) mass is 396 g/mol. The van der Waals surface area contributed by atoms with Crippen LogP contribution in [0.4, 0.5) is 0 Å². The van der Waals surface area contributed by atoms with Gasteiger partial charge in [-0.25, -0.2) is 4.79 Å². The molecule has 2 aliphatic rings. The Morgan fingerprint density at radius 3 is 2.57 bits per heavy atom. The lowest BCUT2D eigenvalue weighted by Gasteiger charge is -2.34. The molecule has 0 aromatic rings. The smallest absolute Gasteiger partial charge is 0.336 e. The van der Waals surface area contributed by atoms with Gasteiger partial charge < -0.3 is 24.4 Å². The van der Waals surface area contributed by atoms with E-state index in [9.17, 15) is 29.4 Å². The maximum Gasteiger partial charge on any atom is 0.336 e. The number of aliphatic carboxylic acids is 1. The van der Waals surface area contributed by atoms with Gasteiger partial charge in [0.05, 0.1) is 11.8 Å². The molecule has 1 heterocycles. The molecule has 2 rings (SSSR count). The van der Waals surface area contributed by atoms with E-state index < -0.39 is 47.6 Å². The van der Waals surface area contributed by atoms with Crippen molar-refractivity contribution in [1.29, 1.82) is 0 Å². The van der Waals surface area contributed by atoms with Gasteiger partial charge >= 0.3 is 23.9 Å². The van der Waals surface area contributed by atoms with E-state index in [1.54, 1.807) is 0 Å². The number of carboxylic acids is 1. The van der Waals surface area contributed by atoms with Crippen molar-refractivity contribution in [2.24, 2.45) is 11.8 Å². The highest BCUT2D eigenvalue weighted by molar-refractivity contribution is 5.91. The van der Waals surface area contributed by atoms with Crippen molar-refractivity contribution < 1.29 is 43.6 Å². The molecule has 0 spiro atoms. The number of carbonyl (C=O) groups excluding carboxylic acids is 3. The van der Waals surface area contributed by atoms with Gasteiger partial charge in [0.1, 0.15) is 12.7 Å². The molecule has 1 aliphatic carbocycles. The van der Waals surface area contributed by atoms with Gasteiger partial charge in [0.15, 0.2) is 0 Å². The third-order valence-corrected chi connectivity index (χ3v) is 4.82.